The summed E-state index contributed by atoms with van der Waals surface area (Å²) in [4.78, 5) is 0. The minimum absolute atomic E-state index is 0.0934. The highest BCUT2D eigenvalue weighted by molar-refractivity contribution is 5.25. The Morgan fingerprint density at radius 2 is 2.12 bits per heavy atom. The van der Waals surface area contributed by atoms with Crippen molar-refractivity contribution < 1.29 is 9.84 Å². The Morgan fingerprint density at radius 3 is 2.75 bits per heavy atom. The van der Waals surface area contributed by atoms with Crippen molar-refractivity contribution in [2.24, 2.45) is 0 Å². The molecule has 16 heavy (non-hydrogen) atoms. The van der Waals surface area contributed by atoms with Crippen LogP contribution in [0.4, 0.5) is 0 Å². The molecule has 2 rings (SSSR count). The normalized spacial score (nSPS) is 25.6. The third kappa shape index (κ3) is 2.97. The summed E-state index contributed by atoms with van der Waals surface area (Å²) in [6.45, 7) is 4.69. The summed E-state index contributed by atoms with van der Waals surface area (Å²) >= 11 is 0. The minimum atomic E-state index is 0.0934. The topological polar surface area (TPSA) is 41.5 Å². The fraction of sp³-hybridized carbons (Fsp3) is 0.538. The molecule has 3 heteroatoms. The Bertz CT molecular complexity index is 328. The van der Waals surface area contributed by atoms with Gasteiger partial charge in [-0.25, -0.2) is 0 Å². The summed E-state index contributed by atoms with van der Waals surface area (Å²) in [5.74, 6) is 0.316. The highest BCUT2D eigenvalue weighted by Gasteiger charge is 2.26. The summed E-state index contributed by atoms with van der Waals surface area (Å²) in [7, 11) is 0. The van der Waals surface area contributed by atoms with Crippen LogP contribution in [0.15, 0.2) is 24.3 Å². The first-order valence-corrected chi connectivity index (χ1v) is 5.79. The van der Waals surface area contributed by atoms with Gasteiger partial charge in [0.25, 0.3) is 0 Å². The van der Waals surface area contributed by atoms with Crippen LogP contribution < -0.4 is 5.32 Å². The molecular weight excluding hydrogens is 202 g/mol. The molecule has 1 fully saturated rings. The summed E-state index contributed by atoms with van der Waals surface area (Å²) in [5.41, 5.74) is 1.28. The van der Waals surface area contributed by atoms with E-state index in [2.05, 4.69) is 12.2 Å². The van der Waals surface area contributed by atoms with Gasteiger partial charge in [0, 0.05) is 18.7 Å². The average molecular weight is 221 g/mol. The molecular formula is C13H19NO2. The molecule has 2 N–H and O–H groups in total. The Kier molecular flexibility index (Phi) is 3.46. The lowest BCUT2D eigenvalue weighted by molar-refractivity contribution is 0.0278. The van der Waals surface area contributed by atoms with Gasteiger partial charge in [-0.2, -0.15) is 0 Å². The predicted molar refractivity (Wildman–Crippen MR) is 63.4 cm³/mol. The van der Waals surface area contributed by atoms with E-state index in [9.17, 15) is 5.11 Å². The van der Waals surface area contributed by atoms with Gasteiger partial charge in [0.05, 0.1) is 6.61 Å². The molecule has 0 aromatic heterocycles. The number of hydrogen-bond donors (Lipinski definition) is 2. The monoisotopic (exact) mass is 221 g/mol. The first-order chi connectivity index (χ1) is 7.68. The molecule has 88 valence electrons. The van der Waals surface area contributed by atoms with Gasteiger partial charge in [0.2, 0.25) is 0 Å². The van der Waals surface area contributed by atoms with E-state index in [0.29, 0.717) is 5.75 Å². The van der Waals surface area contributed by atoms with Crippen molar-refractivity contribution in [2.45, 2.75) is 31.8 Å². The molecule has 0 radical (unpaired) electrons. The molecule has 0 saturated carbocycles. The molecule has 0 amide bonds. The number of ether oxygens (including phenoxy) is 1. The Morgan fingerprint density at radius 1 is 1.38 bits per heavy atom. The zero-order chi connectivity index (χ0) is 11.4. The summed E-state index contributed by atoms with van der Waals surface area (Å²) in [6.07, 6.45) is 2.28. The zero-order valence-electron chi connectivity index (χ0n) is 9.70. The molecule has 1 aliphatic heterocycles. The van der Waals surface area contributed by atoms with Crippen LogP contribution in [-0.4, -0.2) is 23.9 Å². The Hall–Kier alpha value is -1.06. The minimum Gasteiger partial charge on any atom is -0.508 e. The highest BCUT2D eigenvalue weighted by atomic mass is 16.5. The van der Waals surface area contributed by atoms with Crippen LogP contribution >= 0.6 is 0 Å². The van der Waals surface area contributed by atoms with Crippen LogP contribution in [0.25, 0.3) is 0 Å². The summed E-state index contributed by atoms with van der Waals surface area (Å²) in [6, 6.07) is 7.32. The zero-order valence-corrected chi connectivity index (χ0v) is 9.70. The van der Waals surface area contributed by atoms with Crippen molar-refractivity contribution in [3.8, 4) is 5.75 Å². The predicted octanol–water partition coefficient (Wildman–Crippen LogP) is 2.05. The van der Waals surface area contributed by atoms with Crippen molar-refractivity contribution in [1.82, 2.24) is 5.32 Å². The van der Waals surface area contributed by atoms with Crippen LogP contribution in [0.5, 0.6) is 5.75 Å². The van der Waals surface area contributed by atoms with E-state index < -0.39 is 0 Å². The fourth-order valence-corrected chi connectivity index (χ4v) is 2.00. The molecule has 3 nitrogen and oxygen atoms in total. The van der Waals surface area contributed by atoms with E-state index in [4.69, 9.17) is 4.74 Å². The Labute approximate surface area is 96.4 Å². The summed E-state index contributed by atoms with van der Waals surface area (Å²) < 4.78 is 5.49. The third-order valence-corrected chi connectivity index (χ3v) is 3.09. The first-order valence-electron chi connectivity index (χ1n) is 5.79. The molecule has 1 heterocycles. The molecule has 0 spiro atoms. The van der Waals surface area contributed by atoms with Gasteiger partial charge in [0.15, 0.2) is 0 Å². The maximum absolute atomic E-state index is 9.18. The molecule has 1 aromatic carbocycles. The molecule has 1 unspecified atom stereocenters. The van der Waals surface area contributed by atoms with Crippen LogP contribution in [0.1, 0.15) is 25.3 Å². The number of aromatic hydroxyl groups is 1. The summed E-state index contributed by atoms with van der Waals surface area (Å²) in [5, 5.41) is 12.7. The highest BCUT2D eigenvalue weighted by Crippen LogP contribution is 2.19. The second-order valence-electron chi connectivity index (χ2n) is 4.74. The van der Waals surface area contributed by atoms with Crippen LogP contribution in [0, 0.1) is 0 Å². The van der Waals surface area contributed by atoms with E-state index in [0.717, 1.165) is 32.6 Å². The van der Waals surface area contributed by atoms with Gasteiger partial charge in [-0.05, 0) is 37.5 Å². The lowest BCUT2D eigenvalue weighted by atomic mass is 9.94. The van der Waals surface area contributed by atoms with E-state index >= 15 is 0 Å². The lowest BCUT2D eigenvalue weighted by Crippen LogP contribution is -2.48. The molecule has 1 atom stereocenters. The Balaban J connectivity index is 1.88. The second-order valence-corrected chi connectivity index (χ2v) is 4.74. The van der Waals surface area contributed by atoms with Crippen molar-refractivity contribution in [1.29, 1.82) is 0 Å². The van der Waals surface area contributed by atoms with Gasteiger partial charge in [-0.15, -0.1) is 0 Å². The van der Waals surface area contributed by atoms with Crippen molar-refractivity contribution in [3.05, 3.63) is 29.8 Å². The quantitative estimate of drug-likeness (QED) is 0.820. The van der Waals surface area contributed by atoms with Gasteiger partial charge < -0.3 is 15.2 Å². The van der Waals surface area contributed by atoms with Crippen LogP contribution in [0.2, 0.25) is 0 Å². The number of benzene rings is 1. The third-order valence-electron chi connectivity index (χ3n) is 3.09. The van der Waals surface area contributed by atoms with E-state index in [1.807, 2.05) is 12.1 Å². The first kappa shape index (κ1) is 11.4. The van der Waals surface area contributed by atoms with Gasteiger partial charge in [-0.3, -0.25) is 0 Å². The van der Waals surface area contributed by atoms with Crippen molar-refractivity contribution >= 4 is 0 Å². The molecule has 1 aliphatic rings. The van der Waals surface area contributed by atoms with Crippen LogP contribution in [-0.2, 0) is 11.3 Å². The number of phenolic OH excluding ortho intramolecular Hbond substituents is 1. The second kappa shape index (κ2) is 4.85. The maximum atomic E-state index is 9.18. The number of phenols is 1. The van der Waals surface area contributed by atoms with E-state index in [-0.39, 0.29) is 5.54 Å². The average Bonchev–Trinajstić information content (AvgIpc) is 2.29. The standard InChI is InChI=1S/C13H19NO2/c1-13(7-2-8-16-10-13)14-9-11-3-5-12(15)6-4-11/h3-6,14-15H,2,7-10H2,1H3. The fourth-order valence-electron chi connectivity index (χ4n) is 2.00. The molecule has 0 aliphatic carbocycles. The van der Waals surface area contributed by atoms with E-state index in [1.165, 1.54) is 5.56 Å². The van der Waals surface area contributed by atoms with Crippen LogP contribution in [0.3, 0.4) is 0 Å². The molecule has 1 aromatic rings. The van der Waals surface area contributed by atoms with Gasteiger partial charge >= 0.3 is 0 Å². The maximum Gasteiger partial charge on any atom is 0.115 e. The number of nitrogens with one attached hydrogen (secondary N) is 1. The van der Waals surface area contributed by atoms with E-state index in [1.54, 1.807) is 12.1 Å². The van der Waals surface area contributed by atoms with Crippen molar-refractivity contribution in [3.63, 3.8) is 0 Å². The van der Waals surface area contributed by atoms with Crippen molar-refractivity contribution in [2.75, 3.05) is 13.2 Å². The number of rotatable bonds is 3. The molecule has 0 bridgehead atoms. The smallest absolute Gasteiger partial charge is 0.115 e. The largest absolute Gasteiger partial charge is 0.508 e. The lowest BCUT2D eigenvalue weighted by Gasteiger charge is -2.34. The SMILES string of the molecule is CC1(NCc2ccc(O)cc2)CCCOC1. The van der Waals surface area contributed by atoms with Gasteiger partial charge in [0.1, 0.15) is 5.75 Å². The van der Waals surface area contributed by atoms with Gasteiger partial charge in [-0.1, -0.05) is 12.1 Å². The molecule has 1 saturated heterocycles. The number of hydrogen-bond acceptors (Lipinski definition) is 3.